The number of hydrogen-bond donors (Lipinski definition) is 0. The van der Waals surface area contributed by atoms with Crippen LogP contribution in [-0.4, -0.2) is 38.7 Å². The van der Waals surface area contributed by atoms with Gasteiger partial charge in [-0.15, -0.1) is 11.3 Å². The Balaban J connectivity index is 1.97. The summed E-state index contributed by atoms with van der Waals surface area (Å²) in [5.41, 5.74) is 1.07. The molecule has 0 aromatic carbocycles. The number of thioether (sulfide) groups is 1. The van der Waals surface area contributed by atoms with E-state index in [0.29, 0.717) is 11.7 Å². The zero-order valence-electron chi connectivity index (χ0n) is 16.0. The summed E-state index contributed by atoms with van der Waals surface area (Å²) in [7, 11) is 0. The van der Waals surface area contributed by atoms with Crippen molar-refractivity contribution in [2.24, 2.45) is 0 Å². The van der Waals surface area contributed by atoms with Crippen LogP contribution in [0.5, 0.6) is 0 Å². The van der Waals surface area contributed by atoms with Gasteiger partial charge in [0.25, 0.3) is 5.56 Å². The summed E-state index contributed by atoms with van der Waals surface area (Å²) in [5, 5.41) is 1.19. The molecule has 3 rings (SSSR count). The first kappa shape index (κ1) is 19.4. The van der Waals surface area contributed by atoms with Gasteiger partial charge in [-0.25, -0.2) is 4.98 Å². The lowest BCUT2D eigenvalue weighted by Crippen LogP contribution is -2.34. The summed E-state index contributed by atoms with van der Waals surface area (Å²) in [6.45, 7) is 10.4. The molecule has 0 bridgehead atoms. The number of nitrogens with zero attached hydrogens (tertiary/aromatic N) is 3. The molecule has 0 N–H and O–H groups in total. The largest absolute Gasteiger partial charge is 0.342 e. The fourth-order valence-electron chi connectivity index (χ4n) is 3.32. The van der Waals surface area contributed by atoms with Crippen molar-refractivity contribution in [3.05, 3.63) is 20.8 Å². The van der Waals surface area contributed by atoms with Crippen LogP contribution < -0.4 is 5.56 Å². The normalized spacial score (nSPS) is 15.8. The maximum Gasteiger partial charge on any atom is 0.263 e. The van der Waals surface area contributed by atoms with Gasteiger partial charge in [-0.2, -0.15) is 0 Å². The van der Waals surface area contributed by atoms with Crippen LogP contribution in [0.25, 0.3) is 10.2 Å². The minimum atomic E-state index is -0.229. The van der Waals surface area contributed by atoms with Crippen molar-refractivity contribution in [2.45, 2.75) is 70.3 Å². The Morgan fingerprint density at radius 2 is 2.00 bits per heavy atom. The Morgan fingerprint density at radius 1 is 1.31 bits per heavy atom. The summed E-state index contributed by atoms with van der Waals surface area (Å²) >= 11 is 2.99. The van der Waals surface area contributed by atoms with Crippen LogP contribution in [0, 0.1) is 13.8 Å². The second kappa shape index (κ2) is 8.13. The Morgan fingerprint density at radius 3 is 2.65 bits per heavy atom. The second-order valence-electron chi connectivity index (χ2n) is 6.96. The maximum atomic E-state index is 13.1. The van der Waals surface area contributed by atoms with Gasteiger partial charge < -0.3 is 4.90 Å². The van der Waals surface area contributed by atoms with Crippen molar-refractivity contribution in [2.75, 3.05) is 13.1 Å². The lowest BCUT2D eigenvalue weighted by atomic mass is 10.2. The molecule has 1 aliphatic heterocycles. The number of fused-ring (bicyclic) bond motifs is 1. The van der Waals surface area contributed by atoms with Crippen molar-refractivity contribution in [3.63, 3.8) is 0 Å². The molecule has 1 fully saturated rings. The topological polar surface area (TPSA) is 55.2 Å². The second-order valence-corrected chi connectivity index (χ2v) is 9.47. The molecule has 26 heavy (non-hydrogen) atoms. The molecule has 1 aliphatic rings. The molecule has 0 aliphatic carbocycles. The van der Waals surface area contributed by atoms with Gasteiger partial charge in [0.2, 0.25) is 5.91 Å². The van der Waals surface area contributed by atoms with Crippen LogP contribution >= 0.6 is 23.1 Å². The predicted octanol–water partition coefficient (Wildman–Crippen LogP) is 3.98. The van der Waals surface area contributed by atoms with Crippen molar-refractivity contribution < 1.29 is 4.79 Å². The Hall–Kier alpha value is -1.34. The molecule has 3 heterocycles. The van der Waals surface area contributed by atoms with E-state index in [0.717, 1.165) is 59.4 Å². The van der Waals surface area contributed by atoms with Gasteiger partial charge in [0.05, 0.1) is 10.6 Å². The van der Waals surface area contributed by atoms with Gasteiger partial charge in [-0.3, -0.25) is 14.2 Å². The number of hydrogen-bond acceptors (Lipinski definition) is 5. The highest BCUT2D eigenvalue weighted by molar-refractivity contribution is 8.00. The van der Waals surface area contributed by atoms with Crippen LogP contribution in [-0.2, 0) is 11.3 Å². The highest BCUT2D eigenvalue weighted by Gasteiger charge is 2.26. The molecular formula is C19H27N3O2S2. The van der Waals surface area contributed by atoms with Crippen LogP contribution in [0.15, 0.2) is 9.95 Å². The molecule has 0 spiro atoms. The van der Waals surface area contributed by atoms with Gasteiger partial charge in [0.1, 0.15) is 4.83 Å². The number of rotatable bonds is 6. The number of unbranched alkanes of at least 4 members (excludes halogenated alkanes) is 1. The highest BCUT2D eigenvalue weighted by atomic mass is 32.2. The first-order valence-electron chi connectivity index (χ1n) is 9.40. The van der Waals surface area contributed by atoms with Crippen LogP contribution in [0.2, 0.25) is 0 Å². The molecule has 1 atom stereocenters. The average Bonchev–Trinajstić information content (AvgIpc) is 3.23. The lowest BCUT2D eigenvalue weighted by molar-refractivity contribution is -0.129. The Kier molecular flexibility index (Phi) is 6.07. The van der Waals surface area contributed by atoms with Crippen LogP contribution in [0.4, 0.5) is 0 Å². The number of thiophene rings is 1. The lowest BCUT2D eigenvalue weighted by Gasteiger charge is -2.20. The number of likely N-dealkylation sites (tertiary alicyclic amines) is 1. The first-order chi connectivity index (χ1) is 12.4. The zero-order chi connectivity index (χ0) is 18.8. The van der Waals surface area contributed by atoms with Crippen LogP contribution in [0.3, 0.4) is 0 Å². The third-order valence-corrected chi connectivity index (χ3v) is 7.22. The zero-order valence-corrected chi connectivity index (χ0v) is 17.6. The fraction of sp³-hybridized carbons (Fsp3) is 0.632. The van der Waals surface area contributed by atoms with Gasteiger partial charge in [0, 0.05) is 24.5 Å². The van der Waals surface area contributed by atoms with E-state index in [-0.39, 0.29) is 16.7 Å². The predicted molar refractivity (Wildman–Crippen MR) is 109 cm³/mol. The van der Waals surface area contributed by atoms with Crippen molar-refractivity contribution in [1.29, 1.82) is 0 Å². The van der Waals surface area contributed by atoms with E-state index < -0.39 is 0 Å². The van der Waals surface area contributed by atoms with Gasteiger partial charge >= 0.3 is 0 Å². The minimum absolute atomic E-state index is 0.0358. The number of carbonyl (C=O) groups excluding carboxylic acids is 1. The van der Waals surface area contributed by atoms with Crippen molar-refractivity contribution in [3.8, 4) is 0 Å². The van der Waals surface area contributed by atoms with E-state index in [2.05, 4.69) is 6.92 Å². The van der Waals surface area contributed by atoms with E-state index in [9.17, 15) is 9.59 Å². The molecule has 0 radical (unpaired) electrons. The summed E-state index contributed by atoms with van der Waals surface area (Å²) in [5.74, 6) is 0.155. The summed E-state index contributed by atoms with van der Waals surface area (Å²) in [6, 6.07) is 0. The fourth-order valence-corrected chi connectivity index (χ4v) is 5.40. The molecule has 7 heteroatoms. The van der Waals surface area contributed by atoms with Crippen molar-refractivity contribution >= 4 is 39.2 Å². The number of carbonyl (C=O) groups is 1. The highest BCUT2D eigenvalue weighted by Crippen LogP contribution is 2.30. The van der Waals surface area contributed by atoms with E-state index >= 15 is 0 Å². The van der Waals surface area contributed by atoms with E-state index in [1.807, 2.05) is 25.7 Å². The average molecular weight is 394 g/mol. The molecule has 0 saturated carbocycles. The molecule has 142 valence electrons. The number of aromatic nitrogens is 2. The molecular weight excluding hydrogens is 366 g/mol. The van der Waals surface area contributed by atoms with E-state index in [4.69, 9.17) is 4.98 Å². The summed E-state index contributed by atoms with van der Waals surface area (Å²) in [4.78, 5) is 34.4. The third kappa shape index (κ3) is 3.69. The molecule has 5 nitrogen and oxygen atoms in total. The Bertz CT molecular complexity index is 866. The maximum absolute atomic E-state index is 13.1. The van der Waals surface area contributed by atoms with E-state index in [1.165, 1.54) is 11.8 Å². The molecule has 2 aromatic heterocycles. The van der Waals surface area contributed by atoms with Crippen LogP contribution in [0.1, 0.15) is 50.0 Å². The third-order valence-electron chi connectivity index (χ3n) is 5.04. The number of amides is 1. The quantitative estimate of drug-likeness (QED) is 0.550. The summed E-state index contributed by atoms with van der Waals surface area (Å²) in [6.07, 6.45) is 4.11. The molecule has 1 amide bonds. The SMILES string of the molecule is CCCCn1c(SC(C)C(=O)N2CCCC2)nc2sc(C)c(C)c2c1=O. The van der Waals surface area contributed by atoms with Crippen molar-refractivity contribution in [1.82, 2.24) is 14.5 Å². The smallest absolute Gasteiger partial charge is 0.263 e. The Labute approximate surface area is 162 Å². The van der Waals surface area contributed by atoms with Gasteiger partial charge in [0.15, 0.2) is 5.16 Å². The van der Waals surface area contributed by atoms with Gasteiger partial charge in [-0.05, 0) is 45.6 Å². The first-order valence-corrected chi connectivity index (χ1v) is 11.1. The summed E-state index contributed by atoms with van der Waals surface area (Å²) < 4.78 is 1.78. The monoisotopic (exact) mass is 393 g/mol. The molecule has 1 unspecified atom stereocenters. The number of aryl methyl sites for hydroxylation is 2. The molecule has 2 aromatic rings. The molecule has 1 saturated heterocycles. The standard InChI is InChI=1S/C19H27N3O2S2/c1-5-6-11-22-18(24)15-12(2)13(3)25-16(15)20-19(22)26-14(4)17(23)21-9-7-8-10-21/h14H,5-11H2,1-4H3. The minimum Gasteiger partial charge on any atom is -0.342 e. The van der Waals surface area contributed by atoms with E-state index in [1.54, 1.807) is 15.9 Å². The van der Waals surface area contributed by atoms with Gasteiger partial charge in [-0.1, -0.05) is 25.1 Å².